The van der Waals surface area contributed by atoms with Crippen molar-refractivity contribution < 1.29 is 0 Å². The molecule has 1 fully saturated rings. The minimum atomic E-state index is 0.669. The van der Waals surface area contributed by atoms with Crippen molar-refractivity contribution in [2.24, 2.45) is 0 Å². The van der Waals surface area contributed by atoms with E-state index in [1.807, 2.05) is 0 Å². The highest BCUT2D eigenvalue weighted by atomic mass is 79.9. The van der Waals surface area contributed by atoms with Gasteiger partial charge in [0, 0.05) is 17.1 Å². The Morgan fingerprint density at radius 2 is 2.12 bits per heavy atom. The van der Waals surface area contributed by atoms with Crippen molar-refractivity contribution in [1.29, 1.82) is 0 Å². The maximum Gasteiger partial charge on any atom is 0.0220 e. The Morgan fingerprint density at radius 1 is 1.25 bits per heavy atom. The summed E-state index contributed by atoms with van der Waals surface area (Å²) in [6, 6.07) is 9.10. The molecule has 2 nitrogen and oxygen atoms in total. The predicted molar refractivity (Wildman–Crippen MR) is 71.5 cm³/mol. The van der Waals surface area contributed by atoms with Crippen LogP contribution in [0.4, 0.5) is 0 Å². The molecule has 1 atom stereocenters. The van der Waals surface area contributed by atoms with Crippen LogP contribution >= 0.6 is 15.9 Å². The Kier molecular flexibility index (Phi) is 4.82. The second-order valence-corrected chi connectivity index (χ2v) is 5.20. The first kappa shape index (κ1) is 12.1. The molecule has 1 saturated heterocycles. The first-order valence-corrected chi connectivity index (χ1v) is 6.83. The number of benzene rings is 1. The van der Waals surface area contributed by atoms with E-state index in [1.165, 1.54) is 35.8 Å². The Morgan fingerprint density at radius 3 is 3.00 bits per heavy atom. The Bertz CT molecular complexity index is 319. The van der Waals surface area contributed by atoms with Gasteiger partial charge in [-0.25, -0.2) is 0 Å². The highest BCUT2D eigenvalue weighted by molar-refractivity contribution is 9.10. The molecule has 1 aromatic rings. The van der Waals surface area contributed by atoms with Gasteiger partial charge in [0.1, 0.15) is 0 Å². The van der Waals surface area contributed by atoms with Crippen LogP contribution in [0.25, 0.3) is 0 Å². The molecule has 1 aliphatic heterocycles. The first-order valence-electron chi connectivity index (χ1n) is 6.04. The molecule has 0 saturated carbocycles. The minimum Gasteiger partial charge on any atom is -0.317 e. The molecule has 3 heteroatoms. The molecular formula is C13H19BrN2. The van der Waals surface area contributed by atoms with Crippen LogP contribution in [0.2, 0.25) is 0 Å². The molecule has 1 heterocycles. The minimum absolute atomic E-state index is 0.669. The summed E-state index contributed by atoms with van der Waals surface area (Å²) in [5, 5.41) is 7.09. The molecule has 1 aliphatic rings. The summed E-state index contributed by atoms with van der Waals surface area (Å²) in [6.07, 6.45) is 3.82. The number of rotatable bonds is 3. The van der Waals surface area contributed by atoms with Gasteiger partial charge in [-0.1, -0.05) is 34.1 Å². The third-order valence-corrected chi connectivity index (χ3v) is 3.89. The molecule has 1 unspecified atom stereocenters. The van der Waals surface area contributed by atoms with Crippen LogP contribution in [0.3, 0.4) is 0 Å². The Hall–Kier alpha value is -0.380. The lowest BCUT2D eigenvalue weighted by Gasteiger charge is -2.16. The normalized spacial score (nSPS) is 21.7. The third kappa shape index (κ3) is 3.58. The standard InChI is InChI=1S/C13H19BrN2/c14-13-6-2-1-4-11(13)10-16-12-5-3-8-15-9-7-12/h1-2,4,6,12,15-16H,3,5,7-10H2. The zero-order valence-electron chi connectivity index (χ0n) is 9.51. The maximum atomic E-state index is 3.65. The second-order valence-electron chi connectivity index (χ2n) is 4.35. The molecule has 0 radical (unpaired) electrons. The smallest absolute Gasteiger partial charge is 0.0220 e. The van der Waals surface area contributed by atoms with E-state index in [0.29, 0.717) is 6.04 Å². The molecule has 0 aromatic heterocycles. The predicted octanol–water partition coefficient (Wildman–Crippen LogP) is 2.68. The van der Waals surface area contributed by atoms with Crippen molar-refractivity contribution in [3.05, 3.63) is 34.3 Å². The fourth-order valence-electron chi connectivity index (χ4n) is 2.12. The van der Waals surface area contributed by atoms with Crippen molar-refractivity contribution in [2.45, 2.75) is 31.8 Å². The highest BCUT2D eigenvalue weighted by Gasteiger charge is 2.11. The second kappa shape index (κ2) is 6.38. The molecule has 2 rings (SSSR count). The zero-order valence-corrected chi connectivity index (χ0v) is 11.1. The SMILES string of the molecule is Brc1ccccc1CNC1CCCNCC1. The van der Waals surface area contributed by atoms with E-state index in [4.69, 9.17) is 0 Å². The lowest BCUT2D eigenvalue weighted by atomic mass is 10.1. The van der Waals surface area contributed by atoms with Crippen molar-refractivity contribution in [3.63, 3.8) is 0 Å². The number of hydrogen-bond donors (Lipinski definition) is 2. The monoisotopic (exact) mass is 282 g/mol. The van der Waals surface area contributed by atoms with E-state index < -0.39 is 0 Å². The molecular weight excluding hydrogens is 264 g/mol. The van der Waals surface area contributed by atoms with Crippen LogP contribution in [-0.4, -0.2) is 19.1 Å². The lowest BCUT2D eigenvalue weighted by Crippen LogP contribution is -2.29. The van der Waals surface area contributed by atoms with Gasteiger partial charge in [-0.2, -0.15) is 0 Å². The zero-order chi connectivity index (χ0) is 11.2. The van der Waals surface area contributed by atoms with E-state index in [-0.39, 0.29) is 0 Å². The van der Waals surface area contributed by atoms with Gasteiger partial charge >= 0.3 is 0 Å². The molecule has 0 bridgehead atoms. The summed E-state index contributed by atoms with van der Waals surface area (Å²) in [5.41, 5.74) is 1.35. The summed E-state index contributed by atoms with van der Waals surface area (Å²) >= 11 is 3.58. The number of nitrogens with one attached hydrogen (secondary N) is 2. The maximum absolute atomic E-state index is 3.65. The summed E-state index contributed by atoms with van der Waals surface area (Å²) in [4.78, 5) is 0. The average molecular weight is 283 g/mol. The largest absolute Gasteiger partial charge is 0.317 e. The number of hydrogen-bond acceptors (Lipinski definition) is 2. The van der Waals surface area contributed by atoms with Gasteiger partial charge in [0.2, 0.25) is 0 Å². The fraction of sp³-hybridized carbons (Fsp3) is 0.538. The molecule has 16 heavy (non-hydrogen) atoms. The summed E-state index contributed by atoms with van der Waals surface area (Å²) in [7, 11) is 0. The van der Waals surface area contributed by atoms with Gasteiger partial charge in [-0.15, -0.1) is 0 Å². The van der Waals surface area contributed by atoms with Crippen LogP contribution in [0, 0.1) is 0 Å². The third-order valence-electron chi connectivity index (χ3n) is 3.11. The van der Waals surface area contributed by atoms with E-state index in [9.17, 15) is 0 Å². The molecule has 88 valence electrons. The van der Waals surface area contributed by atoms with Crippen LogP contribution in [-0.2, 0) is 6.54 Å². The van der Waals surface area contributed by atoms with Crippen LogP contribution in [0.1, 0.15) is 24.8 Å². The molecule has 1 aromatic carbocycles. The van der Waals surface area contributed by atoms with Gasteiger partial charge in [-0.3, -0.25) is 0 Å². The van der Waals surface area contributed by atoms with E-state index in [2.05, 4.69) is 50.8 Å². The summed E-state index contributed by atoms with van der Waals surface area (Å²) in [5.74, 6) is 0. The van der Waals surface area contributed by atoms with Gasteiger partial charge in [-0.05, 0) is 44.0 Å². The molecule has 0 aliphatic carbocycles. The van der Waals surface area contributed by atoms with Crippen molar-refractivity contribution in [2.75, 3.05) is 13.1 Å². The van der Waals surface area contributed by atoms with Gasteiger partial charge in [0.25, 0.3) is 0 Å². The Labute approximate surface area is 106 Å². The molecule has 0 amide bonds. The first-order chi connectivity index (χ1) is 7.86. The van der Waals surface area contributed by atoms with Crippen LogP contribution in [0.5, 0.6) is 0 Å². The Balaban J connectivity index is 1.84. The highest BCUT2D eigenvalue weighted by Crippen LogP contribution is 2.16. The van der Waals surface area contributed by atoms with Crippen LogP contribution < -0.4 is 10.6 Å². The fourth-order valence-corrected chi connectivity index (χ4v) is 2.54. The van der Waals surface area contributed by atoms with Crippen molar-refractivity contribution >= 4 is 15.9 Å². The molecule has 0 spiro atoms. The quantitative estimate of drug-likeness (QED) is 0.891. The summed E-state index contributed by atoms with van der Waals surface area (Å²) in [6.45, 7) is 3.28. The van der Waals surface area contributed by atoms with Crippen molar-refractivity contribution in [3.8, 4) is 0 Å². The van der Waals surface area contributed by atoms with Crippen LogP contribution in [0.15, 0.2) is 28.7 Å². The summed E-state index contributed by atoms with van der Waals surface area (Å²) < 4.78 is 1.20. The number of halogens is 1. The van der Waals surface area contributed by atoms with E-state index in [1.54, 1.807) is 0 Å². The van der Waals surface area contributed by atoms with E-state index >= 15 is 0 Å². The topological polar surface area (TPSA) is 24.1 Å². The van der Waals surface area contributed by atoms with Crippen molar-refractivity contribution in [1.82, 2.24) is 10.6 Å². The average Bonchev–Trinajstić information content (AvgIpc) is 2.56. The van der Waals surface area contributed by atoms with E-state index in [0.717, 1.165) is 13.1 Å². The van der Waals surface area contributed by atoms with Gasteiger partial charge < -0.3 is 10.6 Å². The van der Waals surface area contributed by atoms with Gasteiger partial charge in [0.05, 0.1) is 0 Å². The lowest BCUT2D eigenvalue weighted by molar-refractivity contribution is 0.468. The molecule has 2 N–H and O–H groups in total. The van der Waals surface area contributed by atoms with Gasteiger partial charge in [0.15, 0.2) is 0 Å².